The highest BCUT2D eigenvalue weighted by molar-refractivity contribution is 6.31. The van der Waals surface area contributed by atoms with E-state index in [1.54, 1.807) is 41.5 Å². The zero-order valence-corrected chi connectivity index (χ0v) is 18.8. The van der Waals surface area contributed by atoms with Gasteiger partial charge in [0.15, 0.2) is 0 Å². The van der Waals surface area contributed by atoms with Gasteiger partial charge in [-0.3, -0.25) is 4.90 Å². The molecule has 1 aliphatic heterocycles. The van der Waals surface area contributed by atoms with E-state index in [0.717, 1.165) is 0 Å². The van der Waals surface area contributed by atoms with Crippen molar-refractivity contribution < 1.29 is 33.7 Å². The number of carboxylic acid groups (broad SMARTS) is 1. The molecule has 1 saturated heterocycles. The maximum atomic E-state index is 12.7. The van der Waals surface area contributed by atoms with Crippen LogP contribution in [0.1, 0.15) is 58.3 Å². The van der Waals surface area contributed by atoms with Crippen LogP contribution in [0.2, 0.25) is 5.02 Å². The Hall–Kier alpha value is -2.48. The number of carboxylic acids is 1. The zero-order valence-electron chi connectivity index (χ0n) is 18.0. The number of esters is 1. The Morgan fingerprint density at radius 1 is 1.03 bits per heavy atom. The van der Waals surface area contributed by atoms with E-state index in [2.05, 4.69) is 0 Å². The molecular formula is C21H28ClNO7. The number of halogens is 1. The third-order valence-electron chi connectivity index (χ3n) is 3.99. The highest BCUT2D eigenvalue weighted by Crippen LogP contribution is 2.29. The minimum absolute atomic E-state index is 0.0248. The van der Waals surface area contributed by atoms with Crippen molar-refractivity contribution in [2.45, 2.75) is 71.3 Å². The van der Waals surface area contributed by atoms with Gasteiger partial charge in [0.25, 0.3) is 0 Å². The van der Waals surface area contributed by atoms with Crippen molar-refractivity contribution in [2.75, 3.05) is 6.54 Å². The Balaban J connectivity index is 2.24. The van der Waals surface area contributed by atoms with Crippen LogP contribution in [0.4, 0.5) is 4.79 Å². The van der Waals surface area contributed by atoms with Crippen LogP contribution in [0.15, 0.2) is 18.2 Å². The van der Waals surface area contributed by atoms with E-state index in [1.165, 1.54) is 23.1 Å². The summed E-state index contributed by atoms with van der Waals surface area (Å²) in [4.78, 5) is 37.9. The smallest absolute Gasteiger partial charge is 0.411 e. The number of nitrogens with zero attached hydrogens (tertiary/aromatic N) is 1. The molecule has 166 valence electrons. The first-order valence-electron chi connectivity index (χ1n) is 9.57. The van der Waals surface area contributed by atoms with Crippen LogP contribution in [0, 0.1) is 0 Å². The summed E-state index contributed by atoms with van der Waals surface area (Å²) >= 11 is 5.98. The van der Waals surface area contributed by atoms with Crippen LogP contribution >= 0.6 is 11.6 Å². The average molecular weight is 442 g/mol. The number of benzene rings is 1. The molecule has 0 saturated carbocycles. The zero-order chi connectivity index (χ0) is 22.9. The van der Waals surface area contributed by atoms with Gasteiger partial charge in [0.1, 0.15) is 29.1 Å². The number of aromatic carboxylic acids is 1. The number of carbonyl (C=O) groups excluding carboxylic acids is 2. The van der Waals surface area contributed by atoms with Gasteiger partial charge < -0.3 is 19.3 Å². The molecule has 1 heterocycles. The number of rotatable bonds is 4. The summed E-state index contributed by atoms with van der Waals surface area (Å²) in [7, 11) is 0. The standard InChI is InChI=1S/C21H28ClNO7/c1-20(2,3)29-18(26)16-10-15(11-23(16)19(27)30-21(4,5)6)28-14-8-12(17(24)25)7-13(22)9-14/h7-9,15-16H,10-11H2,1-6H3,(H,24,25). The van der Waals surface area contributed by atoms with Crippen molar-refractivity contribution >= 4 is 29.6 Å². The molecule has 1 aromatic rings. The number of hydrogen-bond acceptors (Lipinski definition) is 6. The molecule has 1 fully saturated rings. The van der Waals surface area contributed by atoms with E-state index in [0.29, 0.717) is 0 Å². The lowest BCUT2D eigenvalue weighted by atomic mass is 10.1. The van der Waals surface area contributed by atoms with Crippen molar-refractivity contribution in [2.24, 2.45) is 0 Å². The Morgan fingerprint density at radius 2 is 1.63 bits per heavy atom. The maximum absolute atomic E-state index is 12.7. The molecule has 2 atom stereocenters. The highest BCUT2D eigenvalue weighted by Gasteiger charge is 2.44. The molecule has 0 bridgehead atoms. The molecule has 1 aromatic carbocycles. The van der Waals surface area contributed by atoms with E-state index >= 15 is 0 Å². The van der Waals surface area contributed by atoms with Crippen LogP contribution in [0.5, 0.6) is 5.75 Å². The van der Waals surface area contributed by atoms with Gasteiger partial charge in [0.2, 0.25) is 0 Å². The number of hydrogen-bond donors (Lipinski definition) is 1. The second-order valence-corrected chi connectivity index (χ2v) is 9.57. The van der Waals surface area contributed by atoms with Gasteiger partial charge in [-0.2, -0.15) is 0 Å². The molecule has 0 spiro atoms. The van der Waals surface area contributed by atoms with Gasteiger partial charge >= 0.3 is 18.0 Å². The molecule has 0 aliphatic carbocycles. The van der Waals surface area contributed by atoms with Crippen molar-refractivity contribution in [1.82, 2.24) is 4.90 Å². The first kappa shape index (κ1) is 23.8. The number of ether oxygens (including phenoxy) is 3. The van der Waals surface area contributed by atoms with E-state index < -0.39 is 41.4 Å². The number of amides is 1. The minimum atomic E-state index is -1.14. The largest absolute Gasteiger partial charge is 0.488 e. The van der Waals surface area contributed by atoms with Crippen LogP contribution in [-0.4, -0.2) is 57.9 Å². The highest BCUT2D eigenvalue weighted by atomic mass is 35.5. The summed E-state index contributed by atoms with van der Waals surface area (Å²) < 4.78 is 16.7. The van der Waals surface area contributed by atoms with Crippen molar-refractivity contribution in [3.05, 3.63) is 28.8 Å². The second kappa shape index (κ2) is 8.71. The predicted octanol–water partition coefficient (Wildman–Crippen LogP) is 4.14. The Labute approximate surface area is 181 Å². The Kier molecular flexibility index (Phi) is 6.91. The SMILES string of the molecule is CC(C)(C)OC(=O)C1CC(Oc2cc(Cl)cc(C(=O)O)c2)CN1C(=O)OC(C)(C)C. The summed E-state index contributed by atoms with van der Waals surface area (Å²) in [5, 5.41) is 9.40. The molecule has 1 aliphatic rings. The van der Waals surface area contributed by atoms with E-state index in [-0.39, 0.29) is 29.3 Å². The van der Waals surface area contributed by atoms with Gasteiger partial charge in [-0.05, 0) is 59.7 Å². The third-order valence-corrected chi connectivity index (χ3v) is 4.21. The topological polar surface area (TPSA) is 102 Å². The monoisotopic (exact) mass is 441 g/mol. The van der Waals surface area contributed by atoms with Gasteiger partial charge in [-0.1, -0.05) is 11.6 Å². The summed E-state index contributed by atoms with van der Waals surface area (Å²) in [6.45, 7) is 10.5. The lowest BCUT2D eigenvalue weighted by Gasteiger charge is -2.29. The van der Waals surface area contributed by atoms with Gasteiger partial charge in [0, 0.05) is 11.4 Å². The van der Waals surface area contributed by atoms with Crippen molar-refractivity contribution in [3.63, 3.8) is 0 Å². The molecule has 0 aromatic heterocycles. The fraction of sp³-hybridized carbons (Fsp3) is 0.571. The van der Waals surface area contributed by atoms with Gasteiger partial charge in [0.05, 0.1) is 12.1 Å². The number of likely N-dealkylation sites (tertiary alicyclic amines) is 1. The minimum Gasteiger partial charge on any atom is -0.488 e. The van der Waals surface area contributed by atoms with Crippen LogP contribution in [-0.2, 0) is 14.3 Å². The maximum Gasteiger partial charge on any atom is 0.411 e. The second-order valence-electron chi connectivity index (χ2n) is 9.14. The lowest BCUT2D eigenvalue weighted by molar-refractivity contribution is -0.160. The lowest BCUT2D eigenvalue weighted by Crippen LogP contribution is -2.45. The molecule has 0 radical (unpaired) electrons. The summed E-state index contributed by atoms with van der Waals surface area (Å²) in [6, 6.07) is 3.24. The van der Waals surface area contributed by atoms with Crippen molar-refractivity contribution in [1.29, 1.82) is 0 Å². The van der Waals surface area contributed by atoms with E-state index in [1.807, 2.05) is 0 Å². The average Bonchev–Trinajstić information content (AvgIpc) is 2.95. The summed E-state index contributed by atoms with van der Waals surface area (Å²) in [5.41, 5.74) is -1.49. The Bertz CT molecular complexity index is 790. The number of carbonyl (C=O) groups is 3. The molecule has 2 rings (SSSR count). The normalized spacial score (nSPS) is 19.4. The quantitative estimate of drug-likeness (QED) is 0.700. The molecule has 9 heteroatoms. The summed E-state index contributed by atoms with van der Waals surface area (Å²) in [6.07, 6.45) is -1.06. The van der Waals surface area contributed by atoms with Crippen LogP contribution < -0.4 is 4.74 Å². The van der Waals surface area contributed by atoms with Gasteiger partial charge in [-0.25, -0.2) is 14.4 Å². The van der Waals surface area contributed by atoms with Gasteiger partial charge in [-0.15, -0.1) is 0 Å². The fourth-order valence-corrected chi connectivity index (χ4v) is 3.17. The molecule has 1 amide bonds. The molecule has 2 unspecified atom stereocenters. The molecule has 8 nitrogen and oxygen atoms in total. The fourth-order valence-electron chi connectivity index (χ4n) is 2.95. The van der Waals surface area contributed by atoms with Crippen molar-refractivity contribution in [3.8, 4) is 5.75 Å². The third kappa shape index (κ3) is 6.79. The van der Waals surface area contributed by atoms with Crippen LogP contribution in [0.3, 0.4) is 0 Å². The Morgan fingerprint density at radius 3 is 2.17 bits per heavy atom. The predicted molar refractivity (Wildman–Crippen MR) is 110 cm³/mol. The molecule has 1 N–H and O–H groups in total. The van der Waals surface area contributed by atoms with E-state index in [9.17, 15) is 19.5 Å². The first-order valence-corrected chi connectivity index (χ1v) is 9.95. The van der Waals surface area contributed by atoms with E-state index in [4.69, 9.17) is 25.8 Å². The molecular weight excluding hydrogens is 414 g/mol. The van der Waals surface area contributed by atoms with Crippen LogP contribution in [0.25, 0.3) is 0 Å². The first-order chi connectivity index (χ1) is 13.6. The summed E-state index contributed by atoms with van der Waals surface area (Å²) in [5.74, 6) is -1.47. The molecule has 30 heavy (non-hydrogen) atoms.